The van der Waals surface area contributed by atoms with Crippen molar-refractivity contribution in [2.45, 2.75) is 25.2 Å². The Morgan fingerprint density at radius 1 is 1.62 bits per heavy atom. The van der Waals surface area contributed by atoms with Crippen molar-refractivity contribution in [3.05, 3.63) is 11.3 Å². The number of rotatable bonds is 2. The minimum absolute atomic E-state index is 0.0460. The van der Waals surface area contributed by atoms with Gasteiger partial charge in [-0.2, -0.15) is 0 Å². The molecule has 1 aromatic rings. The number of nitrogens with zero attached hydrogens (tertiary/aromatic N) is 1. The first-order valence-corrected chi connectivity index (χ1v) is 4.18. The Kier molecular flexibility index (Phi) is 1.72. The van der Waals surface area contributed by atoms with E-state index in [1.54, 1.807) is 0 Å². The summed E-state index contributed by atoms with van der Waals surface area (Å²) in [6.45, 7) is 0. The summed E-state index contributed by atoms with van der Waals surface area (Å²) in [6.07, 6.45) is 3.08. The lowest BCUT2D eigenvalue weighted by Crippen LogP contribution is -2.13. The maximum absolute atomic E-state index is 10.8. The molecule has 0 amide bonds. The van der Waals surface area contributed by atoms with Crippen LogP contribution in [0.2, 0.25) is 0 Å². The van der Waals surface area contributed by atoms with Crippen LogP contribution in [0.4, 0.5) is 5.88 Å². The van der Waals surface area contributed by atoms with E-state index in [4.69, 9.17) is 10.8 Å². The van der Waals surface area contributed by atoms with Gasteiger partial charge in [-0.1, -0.05) is 11.6 Å². The van der Waals surface area contributed by atoms with E-state index in [0.717, 1.165) is 19.3 Å². The molecule has 1 aromatic heterocycles. The first-order chi connectivity index (χ1) is 6.20. The Morgan fingerprint density at radius 3 is 2.77 bits per heavy atom. The fraction of sp³-hybridized carbons (Fsp3) is 0.500. The lowest BCUT2D eigenvalue weighted by Gasteiger charge is -2.22. The number of carboxylic acid groups (broad SMARTS) is 1. The Balaban J connectivity index is 2.38. The maximum atomic E-state index is 10.8. The van der Waals surface area contributed by atoms with Crippen LogP contribution >= 0.6 is 0 Å². The van der Waals surface area contributed by atoms with Crippen molar-refractivity contribution in [1.29, 1.82) is 0 Å². The lowest BCUT2D eigenvalue weighted by molar-refractivity contribution is 0.0695. The summed E-state index contributed by atoms with van der Waals surface area (Å²) in [7, 11) is 0. The van der Waals surface area contributed by atoms with Crippen molar-refractivity contribution < 1.29 is 14.4 Å². The van der Waals surface area contributed by atoms with Crippen molar-refractivity contribution in [1.82, 2.24) is 5.16 Å². The molecule has 1 aliphatic carbocycles. The minimum atomic E-state index is -1.05. The van der Waals surface area contributed by atoms with E-state index in [2.05, 4.69) is 9.68 Å². The fourth-order valence-corrected chi connectivity index (χ4v) is 1.49. The summed E-state index contributed by atoms with van der Waals surface area (Å²) < 4.78 is 4.66. The highest BCUT2D eigenvalue weighted by atomic mass is 16.5. The Bertz CT molecular complexity index is 341. The summed E-state index contributed by atoms with van der Waals surface area (Å²) in [4.78, 5) is 10.8. The molecule has 0 unspecified atom stereocenters. The normalized spacial score (nSPS) is 16.9. The number of hydrogen-bond acceptors (Lipinski definition) is 4. The Morgan fingerprint density at radius 2 is 2.31 bits per heavy atom. The van der Waals surface area contributed by atoms with Gasteiger partial charge in [-0.3, -0.25) is 0 Å². The van der Waals surface area contributed by atoms with Gasteiger partial charge in [-0.15, -0.1) is 0 Å². The molecule has 0 atom stereocenters. The molecule has 1 saturated carbocycles. The molecule has 3 N–H and O–H groups in total. The third kappa shape index (κ3) is 1.16. The molecule has 0 radical (unpaired) electrons. The van der Waals surface area contributed by atoms with Crippen molar-refractivity contribution in [3.8, 4) is 0 Å². The van der Waals surface area contributed by atoms with Gasteiger partial charge in [0, 0.05) is 5.92 Å². The molecule has 70 valence electrons. The molecule has 13 heavy (non-hydrogen) atoms. The maximum Gasteiger partial charge on any atom is 0.343 e. The van der Waals surface area contributed by atoms with Crippen LogP contribution in [0.1, 0.15) is 41.2 Å². The average Bonchev–Trinajstić information content (AvgIpc) is 2.28. The molecule has 2 rings (SSSR count). The van der Waals surface area contributed by atoms with Gasteiger partial charge < -0.3 is 15.4 Å². The van der Waals surface area contributed by atoms with Crippen LogP contribution in [-0.4, -0.2) is 16.2 Å². The predicted octanol–water partition coefficient (Wildman–Crippen LogP) is 1.22. The Hall–Kier alpha value is -1.52. The van der Waals surface area contributed by atoms with E-state index < -0.39 is 5.97 Å². The van der Waals surface area contributed by atoms with E-state index in [1.165, 1.54) is 0 Å². The van der Waals surface area contributed by atoms with Gasteiger partial charge in [0.1, 0.15) is 11.3 Å². The van der Waals surface area contributed by atoms with Gasteiger partial charge >= 0.3 is 5.97 Å². The number of carboxylic acids is 1. The fourth-order valence-electron chi connectivity index (χ4n) is 1.49. The summed E-state index contributed by atoms with van der Waals surface area (Å²) in [5, 5.41) is 12.5. The SMILES string of the molecule is Nc1onc(C2CCC2)c1C(=O)O. The summed E-state index contributed by atoms with van der Waals surface area (Å²) in [5.74, 6) is -0.915. The molecule has 5 heteroatoms. The summed E-state index contributed by atoms with van der Waals surface area (Å²) in [6, 6.07) is 0. The van der Waals surface area contributed by atoms with Gasteiger partial charge in [0.15, 0.2) is 0 Å². The molecule has 0 spiro atoms. The van der Waals surface area contributed by atoms with Gasteiger partial charge in [0.2, 0.25) is 5.88 Å². The van der Waals surface area contributed by atoms with E-state index in [9.17, 15) is 4.79 Å². The zero-order chi connectivity index (χ0) is 9.42. The average molecular weight is 182 g/mol. The zero-order valence-corrected chi connectivity index (χ0v) is 6.99. The highest BCUT2D eigenvalue weighted by Gasteiger charge is 2.30. The van der Waals surface area contributed by atoms with E-state index >= 15 is 0 Å². The molecule has 1 fully saturated rings. The van der Waals surface area contributed by atoms with Crippen LogP contribution in [0.3, 0.4) is 0 Å². The zero-order valence-electron chi connectivity index (χ0n) is 6.99. The second-order valence-electron chi connectivity index (χ2n) is 3.24. The van der Waals surface area contributed by atoms with Crippen molar-refractivity contribution >= 4 is 11.9 Å². The van der Waals surface area contributed by atoms with E-state index in [1.807, 2.05) is 0 Å². The number of nitrogen functional groups attached to an aromatic ring is 1. The quantitative estimate of drug-likeness (QED) is 0.717. The standard InChI is InChI=1S/C8H10N2O3/c9-7-5(8(11)12)6(10-13-7)4-2-1-3-4/h4H,1-3,9H2,(H,11,12). The second kappa shape index (κ2) is 2.76. The molecular weight excluding hydrogens is 172 g/mol. The number of hydrogen-bond donors (Lipinski definition) is 2. The number of nitrogens with two attached hydrogens (primary N) is 1. The van der Waals surface area contributed by atoms with E-state index in [-0.39, 0.29) is 17.4 Å². The first kappa shape index (κ1) is 8.10. The molecular formula is C8H10N2O3. The number of carbonyl (C=O) groups is 1. The summed E-state index contributed by atoms with van der Waals surface area (Å²) in [5.41, 5.74) is 5.91. The molecule has 0 saturated heterocycles. The second-order valence-corrected chi connectivity index (χ2v) is 3.24. The molecule has 0 aromatic carbocycles. The molecule has 0 aliphatic heterocycles. The van der Waals surface area contributed by atoms with Crippen LogP contribution < -0.4 is 5.73 Å². The topological polar surface area (TPSA) is 89.4 Å². The summed E-state index contributed by atoms with van der Waals surface area (Å²) >= 11 is 0. The highest BCUT2D eigenvalue weighted by Crippen LogP contribution is 2.38. The third-order valence-corrected chi connectivity index (χ3v) is 2.45. The van der Waals surface area contributed by atoms with Crippen molar-refractivity contribution in [3.63, 3.8) is 0 Å². The Labute approximate surface area is 74.5 Å². The molecule has 0 bridgehead atoms. The monoisotopic (exact) mass is 182 g/mol. The third-order valence-electron chi connectivity index (χ3n) is 2.45. The van der Waals surface area contributed by atoms with Crippen LogP contribution in [0, 0.1) is 0 Å². The largest absolute Gasteiger partial charge is 0.477 e. The number of aromatic carboxylic acids is 1. The van der Waals surface area contributed by atoms with Crippen LogP contribution in [0.5, 0.6) is 0 Å². The number of aromatic nitrogens is 1. The van der Waals surface area contributed by atoms with Crippen LogP contribution in [0.15, 0.2) is 4.52 Å². The smallest absolute Gasteiger partial charge is 0.343 e. The predicted molar refractivity (Wildman–Crippen MR) is 44.5 cm³/mol. The van der Waals surface area contributed by atoms with Crippen LogP contribution in [0.25, 0.3) is 0 Å². The van der Waals surface area contributed by atoms with Gasteiger partial charge in [-0.25, -0.2) is 4.79 Å². The van der Waals surface area contributed by atoms with Gasteiger partial charge in [0.25, 0.3) is 0 Å². The van der Waals surface area contributed by atoms with Gasteiger partial charge in [-0.05, 0) is 12.8 Å². The lowest BCUT2D eigenvalue weighted by atomic mass is 9.81. The van der Waals surface area contributed by atoms with Crippen molar-refractivity contribution in [2.75, 3.05) is 5.73 Å². The van der Waals surface area contributed by atoms with Crippen LogP contribution in [-0.2, 0) is 0 Å². The molecule has 1 aliphatic rings. The highest BCUT2D eigenvalue weighted by molar-refractivity contribution is 5.93. The van der Waals surface area contributed by atoms with Gasteiger partial charge in [0.05, 0.1) is 0 Å². The number of anilines is 1. The molecule has 1 heterocycles. The van der Waals surface area contributed by atoms with E-state index in [0.29, 0.717) is 5.69 Å². The first-order valence-electron chi connectivity index (χ1n) is 4.18. The van der Waals surface area contributed by atoms with Crippen molar-refractivity contribution in [2.24, 2.45) is 0 Å². The minimum Gasteiger partial charge on any atom is -0.477 e. The molecule has 5 nitrogen and oxygen atoms in total.